The number of allylic oxidation sites excluding steroid dienone is 1. The maximum atomic E-state index is 12.5. The largest absolute Gasteiger partial charge is 0.383 e. The normalized spacial score (nSPS) is 14.3. The molecule has 0 saturated carbocycles. The number of rotatable bonds is 6. The van der Waals surface area contributed by atoms with Gasteiger partial charge < -0.3 is 15.0 Å². The first-order valence-electron chi connectivity index (χ1n) is 8.80. The topological polar surface area (TPSA) is 84.7 Å². The maximum absolute atomic E-state index is 12.5. The number of nitro groups is 1. The molecule has 8 heteroatoms. The summed E-state index contributed by atoms with van der Waals surface area (Å²) in [6.07, 6.45) is 2.91. The lowest BCUT2D eigenvalue weighted by atomic mass is 10.1. The Bertz CT molecular complexity index is 924. The lowest BCUT2D eigenvalue weighted by molar-refractivity contribution is -0.383. The van der Waals surface area contributed by atoms with Crippen molar-refractivity contribution >= 4 is 40.5 Å². The zero-order valence-electron chi connectivity index (χ0n) is 15.4. The fourth-order valence-electron chi connectivity index (χ4n) is 3.00. The minimum Gasteiger partial charge on any atom is -0.383 e. The lowest BCUT2D eigenvalue weighted by Gasteiger charge is -2.29. The van der Waals surface area contributed by atoms with Crippen molar-refractivity contribution in [2.45, 2.75) is 0 Å². The van der Waals surface area contributed by atoms with E-state index in [1.165, 1.54) is 12.1 Å². The predicted octanol–water partition coefficient (Wildman–Crippen LogP) is 4.02. The van der Waals surface area contributed by atoms with Crippen LogP contribution in [-0.2, 0) is 4.74 Å². The number of hydrogen-bond donors (Lipinski definition) is 1. The number of hydrogen-bond acceptors (Lipinski definition) is 6. The molecule has 0 amide bonds. The van der Waals surface area contributed by atoms with E-state index in [4.69, 9.17) is 16.3 Å². The molecule has 0 aromatic heterocycles. The number of nitro benzene ring substituents is 1. The first-order chi connectivity index (χ1) is 13.5. The fraction of sp³-hybridized carbons (Fsp3) is 0.250. The summed E-state index contributed by atoms with van der Waals surface area (Å²) < 4.78 is 5.34. The minimum atomic E-state index is -0.466. The average Bonchev–Trinajstić information content (AvgIpc) is 2.72. The first-order valence-corrected chi connectivity index (χ1v) is 9.18. The van der Waals surface area contributed by atoms with E-state index in [1.807, 2.05) is 6.07 Å². The zero-order chi connectivity index (χ0) is 20.1. The van der Waals surface area contributed by atoms with Crippen LogP contribution in [0, 0.1) is 10.1 Å². The highest BCUT2D eigenvalue weighted by atomic mass is 35.5. The molecule has 1 N–H and O–H groups in total. The van der Waals surface area contributed by atoms with E-state index in [9.17, 15) is 14.9 Å². The molecule has 0 unspecified atom stereocenters. The Hall–Kier alpha value is -2.90. The number of carbonyl (C=O) groups is 1. The second-order valence-corrected chi connectivity index (χ2v) is 6.65. The number of ether oxygens (including phenoxy) is 1. The van der Waals surface area contributed by atoms with Crippen molar-refractivity contribution in [3.63, 3.8) is 0 Å². The van der Waals surface area contributed by atoms with Gasteiger partial charge in [-0.05, 0) is 35.9 Å². The fourth-order valence-corrected chi connectivity index (χ4v) is 3.27. The van der Waals surface area contributed by atoms with Gasteiger partial charge in [0, 0.05) is 37.5 Å². The summed E-state index contributed by atoms with van der Waals surface area (Å²) in [6, 6.07) is 10.1. The minimum absolute atomic E-state index is 0.0509. The number of benzene rings is 2. The molecule has 0 atom stereocenters. The van der Waals surface area contributed by atoms with Crippen molar-refractivity contribution in [3.8, 4) is 0 Å². The Balaban J connectivity index is 1.77. The monoisotopic (exact) mass is 401 g/mol. The van der Waals surface area contributed by atoms with E-state index in [1.54, 1.807) is 37.4 Å². The third-order valence-electron chi connectivity index (χ3n) is 4.51. The molecule has 2 aromatic rings. The molecule has 28 heavy (non-hydrogen) atoms. The SMILES string of the molecule is CNc1ccc(C=CC(=O)c2ccc(N3CCOCC3)cc2Cl)cc1[N+](=O)[O-]. The molecule has 0 bridgehead atoms. The van der Waals surface area contributed by atoms with Crippen LogP contribution in [0.4, 0.5) is 17.1 Å². The summed E-state index contributed by atoms with van der Waals surface area (Å²) in [5.41, 5.74) is 2.25. The molecule has 1 fully saturated rings. The second kappa shape index (κ2) is 8.86. The van der Waals surface area contributed by atoms with Crippen LogP contribution in [0.25, 0.3) is 6.08 Å². The molecule has 146 valence electrons. The van der Waals surface area contributed by atoms with Gasteiger partial charge in [0.2, 0.25) is 0 Å². The lowest BCUT2D eigenvalue weighted by Crippen LogP contribution is -2.36. The van der Waals surface area contributed by atoms with Crippen molar-refractivity contribution in [3.05, 3.63) is 68.7 Å². The molecule has 1 aliphatic heterocycles. The van der Waals surface area contributed by atoms with E-state index in [-0.39, 0.29) is 11.5 Å². The summed E-state index contributed by atoms with van der Waals surface area (Å²) in [6.45, 7) is 2.90. The molecule has 0 aliphatic carbocycles. The van der Waals surface area contributed by atoms with Crippen molar-refractivity contribution in [1.29, 1.82) is 0 Å². The summed E-state index contributed by atoms with van der Waals surface area (Å²) in [5.74, 6) is -0.265. The molecule has 1 aliphatic rings. The Morgan fingerprint density at radius 3 is 2.64 bits per heavy atom. The van der Waals surface area contributed by atoms with Gasteiger partial charge in [-0.1, -0.05) is 23.7 Å². The van der Waals surface area contributed by atoms with Crippen LogP contribution in [0.5, 0.6) is 0 Å². The van der Waals surface area contributed by atoms with Crippen LogP contribution in [0.15, 0.2) is 42.5 Å². The van der Waals surface area contributed by atoms with Crippen LogP contribution in [0.1, 0.15) is 15.9 Å². The number of nitrogens with zero attached hydrogens (tertiary/aromatic N) is 2. The van der Waals surface area contributed by atoms with Crippen molar-refractivity contribution < 1.29 is 14.5 Å². The highest BCUT2D eigenvalue weighted by molar-refractivity contribution is 6.35. The summed E-state index contributed by atoms with van der Waals surface area (Å²) >= 11 is 6.32. The summed E-state index contributed by atoms with van der Waals surface area (Å²) in [5, 5.41) is 14.3. The zero-order valence-corrected chi connectivity index (χ0v) is 16.1. The maximum Gasteiger partial charge on any atom is 0.292 e. The van der Waals surface area contributed by atoms with Crippen molar-refractivity contribution in [1.82, 2.24) is 0 Å². The Morgan fingerprint density at radius 2 is 2.00 bits per heavy atom. The van der Waals surface area contributed by atoms with Crippen molar-refractivity contribution in [2.75, 3.05) is 43.6 Å². The van der Waals surface area contributed by atoms with E-state index < -0.39 is 4.92 Å². The highest BCUT2D eigenvalue weighted by Gasteiger charge is 2.15. The van der Waals surface area contributed by atoms with Crippen LogP contribution >= 0.6 is 11.6 Å². The molecular weight excluding hydrogens is 382 g/mol. The average molecular weight is 402 g/mol. The Morgan fingerprint density at radius 1 is 1.25 bits per heavy atom. The van der Waals surface area contributed by atoms with Gasteiger partial charge in [0.25, 0.3) is 5.69 Å². The van der Waals surface area contributed by atoms with Gasteiger partial charge in [-0.15, -0.1) is 0 Å². The molecule has 2 aromatic carbocycles. The van der Waals surface area contributed by atoms with Gasteiger partial charge in [-0.3, -0.25) is 14.9 Å². The van der Waals surface area contributed by atoms with Crippen LogP contribution < -0.4 is 10.2 Å². The molecule has 0 radical (unpaired) electrons. The van der Waals surface area contributed by atoms with Gasteiger partial charge in [0.1, 0.15) is 5.69 Å². The van der Waals surface area contributed by atoms with Crippen LogP contribution in [0.3, 0.4) is 0 Å². The Kier molecular flexibility index (Phi) is 6.28. The van der Waals surface area contributed by atoms with Gasteiger partial charge in [-0.2, -0.15) is 0 Å². The van der Waals surface area contributed by atoms with Gasteiger partial charge in [0.05, 0.1) is 23.2 Å². The van der Waals surface area contributed by atoms with E-state index >= 15 is 0 Å². The summed E-state index contributed by atoms with van der Waals surface area (Å²) in [4.78, 5) is 25.4. The van der Waals surface area contributed by atoms with Crippen LogP contribution in [0.2, 0.25) is 5.02 Å². The standard InChI is InChI=1S/C20H20ClN3O4/c1-22-18-6-2-14(12-19(18)24(26)27)3-7-20(25)16-5-4-15(13-17(16)21)23-8-10-28-11-9-23/h2-7,12-13,22H,8-11H2,1H3. The second-order valence-electron chi connectivity index (χ2n) is 6.24. The van der Waals surface area contributed by atoms with E-state index in [2.05, 4.69) is 10.2 Å². The van der Waals surface area contributed by atoms with E-state index in [0.29, 0.717) is 35.1 Å². The number of anilines is 2. The molecule has 0 spiro atoms. The van der Waals surface area contributed by atoms with Gasteiger partial charge in [0.15, 0.2) is 5.78 Å². The predicted molar refractivity (Wildman–Crippen MR) is 110 cm³/mol. The number of halogens is 1. The number of carbonyl (C=O) groups excluding carboxylic acids is 1. The van der Waals surface area contributed by atoms with Gasteiger partial charge >= 0.3 is 0 Å². The van der Waals surface area contributed by atoms with Crippen molar-refractivity contribution in [2.24, 2.45) is 0 Å². The Labute approximate surface area is 167 Å². The highest BCUT2D eigenvalue weighted by Crippen LogP contribution is 2.27. The van der Waals surface area contributed by atoms with Crippen LogP contribution in [-0.4, -0.2) is 44.1 Å². The van der Waals surface area contributed by atoms with E-state index in [0.717, 1.165) is 18.8 Å². The smallest absolute Gasteiger partial charge is 0.292 e. The molecular formula is C20H20ClN3O4. The molecule has 7 nitrogen and oxygen atoms in total. The number of nitrogens with one attached hydrogen (secondary N) is 1. The summed E-state index contributed by atoms with van der Waals surface area (Å²) in [7, 11) is 1.62. The molecule has 1 heterocycles. The quantitative estimate of drug-likeness (QED) is 0.340. The third-order valence-corrected chi connectivity index (χ3v) is 4.82. The third kappa shape index (κ3) is 4.49. The number of ketones is 1. The number of morpholine rings is 1. The van der Waals surface area contributed by atoms with Gasteiger partial charge in [-0.25, -0.2) is 0 Å². The molecule has 3 rings (SSSR count). The first kappa shape index (κ1) is 19.9. The molecule has 1 saturated heterocycles.